The fraction of sp³-hybridized carbons (Fsp3) is 0.625. The first-order valence-electron chi connectivity index (χ1n) is 7.39. The maximum Gasteiger partial charge on any atom is 0.0471 e. The summed E-state index contributed by atoms with van der Waals surface area (Å²) in [6.45, 7) is 7.34. The summed E-state index contributed by atoms with van der Waals surface area (Å²) in [5, 5.41) is 7.06. The van der Waals surface area contributed by atoms with E-state index in [0.29, 0.717) is 5.41 Å². The summed E-state index contributed by atoms with van der Waals surface area (Å²) in [5.41, 5.74) is 4.58. The van der Waals surface area contributed by atoms with E-state index in [-0.39, 0.29) is 0 Å². The molecule has 19 heavy (non-hydrogen) atoms. The first-order chi connectivity index (χ1) is 9.25. The minimum Gasteiger partial charge on any atom is -0.384 e. The molecule has 0 unspecified atom stereocenters. The molecule has 3 heteroatoms. The number of ether oxygens (including phenoxy) is 1. The first-order valence-corrected chi connectivity index (χ1v) is 7.39. The highest BCUT2D eigenvalue weighted by atomic mass is 16.5. The molecule has 2 aliphatic heterocycles. The van der Waals surface area contributed by atoms with Crippen molar-refractivity contribution in [2.75, 3.05) is 31.6 Å². The van der Waals surface area contributed by atoms with Gasteiger partial charge in [-0.2, -0.15) is 0 Å². The minimum absolute atomic E-state index is 0.410. The van der Waals surface area contributed by atoms with Crippen molar-refractivity contribution in [3.05, 3.63) is 29.3 Å². The standard InChI is InChI=1S/C16H24N2O/c1-16(5-8-19-9-6-16)12-17-11-13-2-3-14-4-7-18-15(14)10-13/h2-3,10,17-18H,4-9,11-12H2,1H3. The van der Waals surface area contributed by atoms with E-state index in [2.05, 4.69) is 35.8 Å². The van der Waals surface area contributed by atoms with Crippen LogP contribution in [0.2, 0.25) is 0 Å². The predicted molar refractivity (Wildman–Crippen MR) is 78.5 cm³/mol. The first kappa shape index (κ1) is 12.9. The zero-order valence-corrected chi connectivity index (χ0v) is 11.8. The SMILES string of the molecule is CC1(CNCc2ccc3c(c2)NCC3)CCOCC1. The van der Waals surface area contributed by atoms with Crippen molar-refractivity contribution in [3.63, 3.8) is 0 Å². The van der Waals surface area contributed by atoms with Gasteiger partial charge in [-0.15, -0.1) is 0 Å². The Kier molecular flexibility index (Phi) is 3.76. The van der Waals surface area contributed by atoms with Gasteiger partial charge in [0, 0.05) is 38.5 Å². The Balaban J connectivity index is 1.52. The van der Waals surface area contributed by atoms with Crippen LogP contribution in [0, 0.1) is 5.41 Å². The van der Waals surface area contributed by atoms with Gasteiger partial charge in [0.2, 0.25) is 0 Å². The molecule has 104 valence electrons. The maximum absolute atomic E-state index is 5.44. The molecule has 1 aromatic rings. The molecule has 0 radical (unpaired) electrons. The third-order valence-electron chi connectivity index (χ3n) is 4.46. The van der Waals surface area contributed by atoms with Crippen LogP contribution in [-0.4, -0.2) is 26.3 Å². The summed E-state index contributed by atoms with van der Waals surface area (Å²) < 4.78 is 5.44. The van der Waals surface area contributed by atoms with E-state index in [1.165, 1.54) is 36.1 Å². The van der Waals surface area contributed by atoms with E-state index in [4.69, 9.17) is 4.74 Å². The van der Waals surface area contributed by atoms with Crippen molar-refractivity contribution in [1.82, 2.24) is 5.32 Å². The average molecular weight is 260 g/mol. The fourth-order valence-corrected chi connectivity index (χ4v) is 3.00. The zero-order valence-electron chi connectivity index (χ0n) is 11.8. The van der Waals surface area contributed by atoms with Gasteiger partial charge in [-0.3, -0.25) is 0 Å². The largest absolute Gasteiger partial charge is 0.384 e. The van der Waals surface area contributed by atoms with Crippen LogP contribution in [0.15, 0.2) is 18.2 Å². The summed E-state index contributed by atoms with van der Waals surface area (Å²) in [6, 6.07) is 6.81. The van der Waals surface area contributed by atoms with Gasteiger partial charge in [0.15, 0.2) is 0 Å². The van der Waals surface area contributed by atoms with Crippen molar-refractivity contribution in [1.29, 1.82) is 0 Å². The number of benzene rings is 1. The van der Waals surface area contributed by atoms with Crippen LogP contribution in [0.1, 0.15) is 30.9 Å². The van der Waals surface area contributed by atoms with Crippen molar-refractivity contribution >= 4 is 5.69 Å². The van der Waals surface area contributed by atoms with Gasteiger partial charge in [0.1, 0.15) is 0 Å². The van der Waals surface area contributed by atoms with E-state index in [9.17, 15) is 0 Å². The van der Waals surface area contributed by atoms with E-state index in [1.54, 1.807) is 0 Å². The molecule has 2 N–H and O–H groups in total. The second-order valence-corrected chi connectivity index (χ2v) is 6.19. The molecule has 2 heterocycles. The van der Waals surface area contributed by atoms with Crippen LogP contribution in [0.25, 0.3) is 0 Å². The molecule has 0 amide bonds. The summed E-state index contributed by atoms with van der Waals surface area (Å²) >= 11 is 0. The van der Waals surface area contributed by atoms with Gasteiger partial charge in [0.25, 0.3) is 0 Å². The van der Waals surface area contributed by atoms with E-state index in [1.807, 2.05) is 0 Å². The van der Waals surface area contributed by atoms with Crippen LogP contribution < -0.4 is 10.6 Å². The Morgan fingerprint density at radius 2 is 2.16 bits per heavy atom. The normalized spacial score (nSPS) is 20.9. The second-order valence-electron chi connectivity index (χ2n) is 6.19. The lowest BCUT2D eigenvalue weighted by Crippen LogP contribution is -2.36. The Morgan fingerprint density at radius 3 is 3.00 bits per heavy atom. The monoisotopic (exact) mass is 260 g/mol. The van der Waals surface area contributed by atoms with Crippen LogP contribution in [-0.2, 0) is 17.7 Å². The molecular formula is C16H24N2O. The summed E-state index contributed by atoms with van der Waals surface area (Å²) in [5.74, 6) is 0. The molecule has 0 saturated carbocycles. The highest BCUT2D eigenvalue weighted by Gasteiger charge is 2.26. The van der Waals surface area contributed by atoms with Gasteiger partial charge < -0.3 is 15.4 Å². The quantitative estimate of drug-likeness (QED) is 0.873. The van der Waals surface area contributed by atoms with Crippen molar-refractivity contribution in [3.8, 4) is 0 Å². The van der Waals surface area contributed by atoms with Crippen LogP contribution in [0.3, 0.4) is 0 Å². The van der Waals surface area contributed by atoms with E-state index < -0.39 is 0 Å². The highest BCUT2D eigenvalue weighted by Crippen LogP contribution is 2.29. The molecule has 1 fully saturated rings. The van der Waals surface area contributed by atoms with Crippen molar-refractivity contribution in [2.45, 2.75) is 32.7 Å². The van der Waals surface area contributed by atoms with Crippen LogP contribution >= 0.6 is 0 Å². The Bertz CT molecular complexity index is 438. The van der Waals surface area contributed by atoms with Gasteiger partial charge in [-0.1, -0.05) is 19.1 Å². The van der Waals surface area contributed by atoms with Gasteiger partial charge >= 0.3 is 0 Å². The summed E-state index contributed by atoms with van der Waals surface area (Å²) in [6.07, 6.45) is 3.51. The molecular weight excluding hydrogens is 236 g/mol. The van der Waals surface area contributed by atoms with Crippen LogP contribution in [0.5, 0.6) is 0 Å². The van der Waals surface area contributed by atoms with Gasteiger partial charge in [-0.25, -0.2) is 0 Å². The molecule has 0 aliphatic carbocycles. The van der Waals surface area contributed by atoms with Gasteiger partial charge in [0.05, 0.1) is 0 Å². The Morgan fingerprint density at radius 1 is 1.32 bits per heavy atom. The third kappa shape index (κ3) is 3.10. The van der Waals surface area contributed by atoms with Crippen molar-refractivity contribution in [2.24, 2.45) is 5.41 Å². The number of nitrogens with one attached hydrogen (secondary N) is 2. The van der Waals surface area contributed by atoms with Gasteiger partial charge in [-0.05, 0) is 41.9 Å². The number of anilines is 1. The molecule has 0 aromatic heterocycles. The molecule has 3 rings (SSSR count). The predicted octanol–water partition coefficient (Wildman–Crippen LogP) is 2.56. The third-order valence-corrected chi connectivity index (χ3v) is 4.46. The molecule has 1 saturated heterocycles. The smallest absolute Gasteiger partial charge is 0.0471 e. The molecule has 0 spiro atoms. The molecule has 1 aromatic carbocycles. The topological polar surface area (TPSA) is 33.3 Å². The number of fused-ring (bicyclic) bond motifs is 1. The Labute approximate surface area is 115 Å². The van der Waals surface area contributed by atoms with E-state index >= 15 is 0 Å². The molecule has 3 nitrogen and oxygen atoms in total. The number of hydrogen-bond donors (Lipinski definition) is 2. The lowest BCUT2D eigenvalue weighted by molar-refractivity contribution is 0.0240. The maximum atomic E-state index is 5.44. The Hall–Kier alpha value is -1.06. The fourth-order valence-electron chi connectivity index (χ4n) is 3.00. The summed E-state index contributed by atoms with van der Waals surface area (Å²) in [7, 11) is 0. The van der Waals surface area contributed by atoms with Crippen molar-refractivity contribution < 1.29 is 4.74 Å². The molecule has 0 bridgehead atoms. The lowest BCUT2D eigenvalue weighted by atomic mass is 9.82. The van der Waals surface area contributed by atoms with Crippen LogP contribution in [0.4, 0.5) is 5.69 Å². The number of rotatable bonds is 4. The van der Waals surface area contributed by atoms with E-state index in [0.717, 1.165) is 32.8 Å². The molecule has 2 aliphatic rings. The lowest BCUT2D eigenvalue weighted by Gasteiger charge is -2.33. The zero-order chi connectivity index (χ0) is 13.1. The second kappa shape index (κ2) is 5.51. The number of hydrogen-bond acceptors (Lipinski definition) is 3. The highest BCUT2D eigenvalue weighted by molar-refractivity contribution is 5.56. The average Bonchev–Trinajstić information content (AvgIpc) is 2.87. The summed E-state index contributed by atoms with van der Waals surface area (Å²) in [4.78, 5) is 0. The molecule has 0 atom stereocenters. The minimum atomic E-state index is 0.410.